The number of ether oxygens (including phenoxy) is 1. The van der Waals surface area contributed by atoms with E-state index in [-0.39, 0.29) is 32.3 Å². The van der Waals surface area contributed by atoms with Crippen LogP contribution in [0, 0.1) is 0 Å². The lowest BCUT2D eigenvalue weighted by Crippen LogP contribution is -2.32. The van der Waals surface area contributed by atoms with Crippen LogP contribution in [0.2, 0.25) is 0 Å². The van der Waals surface area contributed by atoms with Crippen LogP contribution in [-0.4, -0.2) is 49.6 Å². The predicted molar refractivity (Wildman–Crippen MR) is 136 cm³/mol. The molecule has 192 valence electrons. The van der Waals surface area contributed by atoms with Crippen molar-refractivity contribution in [2.75, 3.05) is 26.4 Å². The molecule has 0 aromatic rings. The van der Waals surface area contributed by atoms with Gasteiger partial charge in [-0.3, -0.25) is 4.79 Å². The molecule has 32 heavy (non-hydrogen) atoms. The van der Waals surface area contributed by atoms with Crippen molar-refractivity contribution in [1.82, 2.24) is 0 Å². The average molecular weight is 479 g/mol. The number of rotatable bonds is 24. The van der Waals surface area contributed by atoms with Crippen LogP contribution in [0.15, 0.2) is 0 Å². The van der Waals surface area contributed by atoms with Crippen LogP contribution in [0.5, 0.6) is 0 Å². The van der Waals surface area contributed by atoms with Crippen molar-refractivity contribution in [3.63, 3.8) is 0 Å². The van der Waals surface area contributed by atoms with Crippen LogP contribution in [0.25, 0.3) is 0 Å². The Bertz CT molecular complexity index is 479. The smallest absolute Gasteiger partial charge is 0.305 e. The van der Waals surface area contributed by atoms with Crippen LogP contribution in [0.1, 0.15) is 110 Å². The third-order valence-electron chi connectivity index (χ3n) is 5.34. The van der Waals surface area contributed by atoms with Gasteiger partial charge in [0.15, 0.2) is 0 Å². The molecule has 0 saturated heterocycles. The van der Waals surface area contributed by atoms with Crippen LogP contribution in [0.4, 0.5) is 0 Å². The molecular weight excluding hydrogens is 427 g/mol. The van der Waals surface area contributed by atoms with Crippen LogP contribution in [-0.2, 0) is 18.6 Å². The summed E-state index contributed by atoms with van der Waals surface area (Å²) in [4.78, 5) is 21.6. The highest BCUT2D eigenvalue weighted by Gasteiger charge is 2.15. The van der Waals surface area contributed by atoms with Gasteiger partial charge in [0, 0.05) is 13.0 Å². The minimum Gasteiger partial charge on any atom is -0.464 e. The van der Waals surface area contributed by atoms with Crippen LogP contribution < -0.4 is 11.5 Å². The molecule has 0 fully saturated rings. The maximum Gasteiger partial charge on any atom is 0.305 e. The van der Waals surface area contributed by atoms with E-state index in [2.05, 4.69) is 13.2 Å². The van der Waals surface area contributed by atoms with Gasteiger partial charge in [-0.25, -0.2) is 0 Å². The second kappa shape index (κ2) is 22.4. The highest BCUT2D eigenvalue weighted by atomic mass is 31.2. The Kier molecular flexibility index (Phi) is 22.1. The summed E-state index contributed by atoms with van der Waals surface area (Å²) in [7, 11) is -3.16. The average Bonchev–Trinajstić information content (AvgIpc) is 2.77. The first-order valence-electron chi connectivity index (χ1n) is 12.8. The van der Waals surface area contributed by atoms with Crippen molar-refractivity contribution in [2.45, 2.75) is 116 Å². The molecule has 0 aromatic carbocycles. The van der Waals surface area contributed by atoms with Gasteiger partial charge in [-0.1, -0.05) is 96.8 Å². The third kappa shape index (κ3) is 22.8. The van der Waals surface area contributed by atoms with E-state index < -0.39 is 13.6 Å². The highest BCUT2D eigenvalue weighted by molar-refractivity contribution is 7.58. The van der Waals surface area contributed by atoms with Crippen molar-refractivity contribution < 1.29 is 23.5 Å². The Hall–Kier alpha value is -0.430. The van der Waals surface area contributed by atoms with E-state index in [0.29, 0.717) is 6.42 Å². The lowest BCUT2D eigenvalue weighted by atomic mass is 10.0. The SMILES string of the molecule is C=P(O)(OCCN)OCC(N)COC(=O)CCCCCCCCCCCCCCCCC. The van der Waals surface area contributed by atoms with Gasteiger partial charge >= 0.3 is 5.97 Å². The lowest BCUT2D eigenvalue weighted by Gasteiger charge is -2.20. The fourth-order valence-electron chi connectivity index (χ4n) is 3.41. The zero-order chi connectivity index (χ0) is 23.9. The van der Waals surface area contributed by atoms with Gasteiger partial charge in [-0.2, -0.15) is 0 Å². The van der Waals surface area contributed by atoms with E-state index in [1.54, 1.807) is 0 Å². The molecule has 0 saturated carbocycles. The Labute approximate surface area is 197 Å². The summed E-state index contributed by atoms with van der Waals surface area (Å²) >= 11 is 0. The van der Waals surface area contributed by atoms with E-state index in [1.807, 2.05) is 0 Å². The van der Waals surface area contributed by atoms with Gasteiger partial charge in [0.05, 0.1) is 19.3 Å². The van der Waals surface area contributed by atoms with Crippen molar-refractivity contribution in [3.8, 4) is 0 Å². The molecule has 8 heteroatoms. The Morgan fingerprint density at radius 3 is 1.78 bits per heavy atom. The molecule has 7 nitrogen and oxygen atoms in total. The van der Waals surface area contributed by atoms with Crippen molar-refractivity contribution in [2.24, 2.45) is 11.5 Å². The largest absolute Gasteiger partial charge is 0.464 e. The minimum atomic E-state index is -3.16. The molecule has 0 spiro atoms. The standard InChI is InChI=1S/C24H51N2O5P/c1-3-4-5-6-7-8-9-10-11-12-13-14-15-16-17-18-24(27)29-21-23(26)22-31-32(2,28)30-20-19-25/h23,28H,2-22,25-26H2,1H3. The summed E-state index contributed by atoms with van der Waals surface area (Å²) in [6.07, 6.45) is 23.3. The number of hydrogen-bond donors (Lipinski definition) is 3. The zero-order valence-corrected chi connectivity index (χ0v) is 21.5. The molecule has 0 aromatic heterocycles. The highest BCUT2D eigenvalue weighted by Crippen LogP contribution is 2.42. The number of esters is 1. The molecular formula is C24H51N2O5P. The second-order valence-corrected chi connectivity index (χ2v) is 10.5. The van der Waals surface area contributed by atoms with E-state index in [1.165, 1.54) is 83.5 Å². The number of carbonyl (C=O) groups excluding carboxylic acids is 1. The molecule has 5 N–H and O–H groups in total. The Morgan fingerprint density at radius 2 is 1.31 bits per heavy atom. The molecule has 2 atom stereocenters. The predicted octanol–water partition coefficient (Wildman–Crippen LogP) is 5.30. The fourth-order valence-corrected chi connectivity index (χ4v) is 4.30. The summed E-state index contributed by atoms with van der Waals surface area (Å²) < 4.78 is 15.4. The first-order chi connectivity index (χ1) is 15.4. The zero-order valence-electron chi connectivity index (χ0n) is 20.6. The minimum absolute atomic E-state index is 0.00455. The number of unbranched alkanes of at least 4 members (excludes halogenated alkanes) is 14. The molecule has 0 amide bonds. The van der Waals surface area contributed by atoms with Crippen molar-refractivity contribution >= 4 is 19.8 Å². The fraction of sp³-hybridized carbons (Fsp3) is 0.917. The number of carbonyl (C=O) groups is 1. The van der Waals surface area contributed by atoms with E-state index >= 15 is 0 Å². The summed E-state index contributed by atoms with van der Waals surface area (Å²) in [5.74, 6) is -0.241. The summed E-state index contributed by atoms with van der Waals surface area (Å²) in [6, 6.07) is -0.533. The molecule has 0 radical (unpaired) electrons. The normalized spacial score (nSPS) is 14.2. The van der Waals surface area contributed by atoms with E-state index in [9.17, 15) is 9.69 Å². The molecule has 0 bridgehead atoms. The Balaban J connectivity index is 3.41. The van der Waals surface area contributed by atoms with Gasteiger partial charge in [0.2, 0.25) is 7.57 Å². The molecule has 0 aliphatic carbocycles. The second-order valence-electron chi connectivity index (χ2n) is 8.70. The van der Waals surface area contributed by atoms with E-state index in [4.69, 9.17) is 25.3 Å². The maximum absolute atomic E-state index is 11.8. The maximum atomic E-state index is 11.8. The first-order valence-corrected chi connectivity index (χ1v) is 14.5. The monoisotopic (exact) mass is 478 g/mol. The van der Waals surface area contributed by atoms with Crippen molar-refractivity contribution in [1.29, 1.82) is 0 Å². The van der Waals surface area contributed by atoms with Crippen LogP contribution >= 0.6 is 7.57 Å². The van der Waals surface area contributed by atoms with Gasteiger partial charge in [0.1, 0.15) is 6.61 Å². The van der Waals surface area contributed by atoms with Gasteiger partial charge in [0.25, 0.3) is 0 Å². The Morgan fingerprint density at radius 1 is 0.844 bits per heavy atom. The molecule has 0 aliphatic rings. The van der Waals surface area contributed by atoms with E-state index in [0.717, 1.165) is 12.8 Å². The van der Waals surface area contributed by atoms with Gasteiger partial charge < -0.3 is 30.1 Å². The van der Waals surface area contributed by atoms with Crippen LogP contribution in [0.3, 0.4) is 0 Å². The van der Waals surface area contributed by atoms with Gasteiger partial charge in [-0.05, 0) is 12.7 Å². The molecule has 0 rings (SSSR count). The third-order valence-corrected chi connectivity index (χ3v) is 6.48. The number of nitrogens with two attached hydrogens (primary N) is 2. The lowest BCUT2D eigenvalue weighted by molar-refractivity contribution is -0.144. The molecule has 0 heterocycles. The quantitative estimate of drug-likeness (QED) is 0.0979. The number of hydrogen-bond acceptors (Lipinski definition) is 7. The molecule has 0 aliphatic heterocycles. The van der Waals surface area contributed by atoms with Crippen molar-refractivity contribution in [3.05, 3.63) is 0 Å². The van der Waals surface area contributed by atoms with Gasteiger partial charge in [-0.15, -0.1) is 0 Å². The first kappa shape index (κ1) is 31.6. The summed E-state index contributed by atoms with van der Waals surface area (Å²) in [5, 5.41) is 0. The summed E-state index contributed by atoms with van der Waals surface area (Å²) in [5.41, 5.74) is 11.1. The molecule has 2 unspecified atom stereocenters. The summed E-state index contributed by atoms with van der Waals surface area (Å²) in [6.45, 7) is 2.75. The topological polar surface area (TPSA) is 117 Å².